The van der Waals surface area contributed by atoms with E-state index in [-0.39, 0.29) is 0 Å². The number of aromatic nitrogens is 2. The number of rotatable bonds is 2. The predicted molar refractivity (Wildman–Crippen MR) is 181 cm³/mol. The Morgan fingerprint density at radius 3 is 1.72 bits per heavy atom. The fourth-order valence-electron chi connectivity index (χ4n) is 6.85. The van der Waals surface area contributed by atoms with E-state index in [2.05, 4.69) is 104 Å². The van der Waals surface area contributed by atoms with E-state index in [4.69, 9.17) is 13.1 Å². The third-order valence-electron chi connectivity index (χ3n) is 8.55. The first kappa shape index (κ1) is 23.8. The Bertz CT molecular complexity index is 2710. The van der Waals surface area contributed by atoms with Gasteiger partial charge in [0, 0.05) is 47.7 Å². The van der Waals surface area contributed by atoms with Crippen molar-refractivity contribution in [1.29, 1.82) is 0 Å². The molecule has 3 aromatic heterocycles. The van der Waals surface area contributed by atoms with E-state index in [1.54, 1.807) is 11.3 Å². The molecule has 0 aliphatic heterocycles. The summed E-state index contributed by atoms with van der Waals surface area (Å²) in [5.41, 5.74) is 7.74. The topological polar surface area (TPSA) is 18.6 Å². The molecule has 198 valence electrons. The molecule has 0 saturated heterocycles. The van der Waals surface area contributed by atoms with Crippen molar-refractivity contribution in [2.75, 3.05) is 0 Å². The standard InChI is InChI=1S/C38H20N4S/c1-39-27-12-7-16-31-36(27)24-10-3-5-14-29(24)41(31)23-20-21-34-26(22-23)38-33(18-9-19-35(38)43-34)42-30-15-6-4-11-25(30)37-28(40-2)13-8-17-32(37)42/h3-22H. The Labute approximate surface area is 250 Å². The molecule has 3 heterocycles. The van der Waals surface area contributed by atoms with Crippen molar-refractivity contribution >= 4 is 86.5 Å². The normalized spacial score (nSPS) is 11.7. The molecule has 6 aromatic carbocycles. The van der Waals surface area contributed by atoms with Gasteiger partial charge in [0.05, 0.1) is 29.9 Å². The molecule has 0 amide bonds. The molecule has 0 bridgehead atoms. The number of nitrogens with zero attached hydrogens (tertiary/aromatic N) is 4. The summed E-state index contributed by atoms with van der Waals surface area (Å²) in [4.78, 5) is 7.74. The minimum Gasteiger partial charge on any atom is -0.311 e. The quantitative estimate of drug-likeness (QED) is 0.186. The molecule has 5 heteroatoms. The van der Waals surface area contributed by atoms with Crippen LogP contribution in [0.25, 0.3) is 84.8 Å². The summed E-state index contributed by atoms with van der Waals surface area (Å²) in [6, 6.07) is 42.0. The van der Waals surface area contributed by atoms with Gasteiger partial charge in [-0.3, -0.25) is 0 Å². The van der Waals surface area contributed by atoms with Gasteiger partial charge in [-0.05, 0) is 65.4 Å². The molecule has 9 rings (SSSR count). The lowest BCUT2D eigenvalue weighted by atomic mass is 10.1. The third kappa shape index (κ3) is 3.17. The predicted octanol–water partition coefficient (Wildman–Crippen LogP) is 11.4. The number of fused-ring (bicyclic) bond motifs is 9. The highest BCUT2D eigenvalue weighted by atomic mass is 32.1. The SMILES string of the molecule is [C-]#[N+]c1cccc2c1c1ccccc1n2-c1ccc2sc3cccc(-n4c5ccccc5c5c([N+]#[C-])cccc54)c3c2c1. The van der Waals surface area contributed by atoms with Gasteiger partial charge in [0.1, 0.15) is 0 Å². The zero-order chi connectivity index (χ0) is 28.7. The van der Waals surface area contributed by atoms with Crippen molar-refractivity contribution in [3.8, 4) is 11.4 Å². The van der Waals surface area contributed by atoms with Crippen LogP contribution in [0.3, 0.4) is 0 Å². The van der Waals surface area contributed by atoms with Crippen LogP contribution in [0, 0.1) is 13.1 Å². The molecule has 0 radical (unpaired) electrons. The smallest absolute Gasteiger partial charge is 0.197 e. The number of hydrogen-bond donors (Lipinski definition) is 0. The summed E-state index contributed by atoms with van der Waals surface area (Å²) in [5.74, 6) is 0. The van der Waals surface area contributed by atoms with E-state index in [0.717, 1.165) is 55.0 Å². The molecular formula is C38H20N4S. The van der Waals surface area contributed by atoms with E-state index in [9.17, 15) is 0 Å². The number of hydrogen-bond acceptors (Lipinski definition) is 1. The second-order valence-corrected chi connectivity index (χ2v) is 11.8. The van der Waals surface area contributed by atoms with Gasteiger partial charge in [-0.25, -0.2) is 9.69 Å². The zero-order valence-electron chi connectivity index (χ0n) is 22.7. The molecule has 43 heavy (non-hydrogen) atoms. The van der Waals surface area contributed by atoms with Crippen LogP contribution in [0.4, 0.5) is 11.4 Å². The Hall–Kier alpha value is -5.88. The molecule has 0 aliphatic carbocycles. The average molecular weight is 565 g/mol. The number of para-hydroxylation sites is 2. The summed E-state index contributed by atoms with van der Waals surface area (Å²) >= 11 is 1.80. The highest BCUT2D eigenvalue weighted by Gasteiger charge is 2.20. The van der Waals surface area contributed by atoms with Crippen molar-refractivity contribution < 1.29 is 0 Å². The third-order valence-corrected chi connectivity index (χ3v) is 9.68. The Morgan fingerprint density at radius 2 is 1.05 bits per heavy atom. The van der Waals surface area contributed by atoms with E-state index >= 15 is 0 Å². The van der Waals surface area contributed by atoms with Gasteiger partial charge in [-0.1, -0.05) is 66.7 Å². The fourth-order valence-corrected chi connectivity index (χ4v) is 7.95. The van der Waals surface area contributed by atoms with Crippen LogP contribution in [0.15, 0.2) is 121 Å². The van der Waals surface area contributed by atoms with Crippen molar-refractivity contribution in [3.05, 3.63) is 144 Å². The highest BCUT2D eigenvalue weighted by Crippen LogP contribution is 2.44. The minimum absolute atomic E-state index is 0.668. The number of benzene rings is 6. The lowest BCUT2D eigenvalue weighted by Gasteiger charge is -2.12. The summed E-state index contributed by atoms with van der Waals surface area (Å²) < 4.78 is 7.04. The van der Waals surface area contributed by atoms with Gasteiger partial charge in [-0.15, -0.1) is 11.3 Å². The maximum atomic E-state index is 7.86. The summed E-state index contributed by atoms with van der Waals surface area (Å²) in [6.07, 6.45) is 0. The molecule has 0 unspecified atom stereocenters. The average Bonchev–Trinajstić information content (AvgIpc) is 3.72. The van der Waals surface area contributed by atoms with Gasteiger partial charge in [0.15, 0.2) is 11.4 Å². The van der Waals surface area contributed by atoms with Gasteiger partial charge in [-0.2, -0.15) is 0 Å². The van der Waals surface area contributed by atoms with Crippen LogP contribution in [0.2, 0.25) is 0 Å². The highest BCUT2D eigenvalue weighted by molar-refractivity contribution is 7.25. The molecule has 0 atom stereocenters. The minimum atomic E-state index is 0.668. The van der Waals surface area contributed by atoms with Gasteiger partial charge in [0.25, 0.3) is 0 Å². The van der Waals surface area contributed by atoms with Crippen LogP contribution < -0.4 is 0 Å². The van der Waals surface area contributed by atoms with Gasteiger partial charge in [0.2, 0.25) is 0 Å². The first-order chi connectivity index (χ1) is 21.3. The maximum absolute atomic E-state index is 7.86. The summed E-state index contributed by atoms with van der Waals surface area (Å²) in [7, 11) is 0. The summed E-state index contributed by atoms with van der Waals surface area (Å²) in [5, 5.41) is 6.54. The van der Waals surface area contributed by atoms with E-state index in [1.807, 2.05) is 36.4 Å². The molecule has 4 nitrogen and oxygen atoms in total. The Balaban J connectivity index is 1.40. The molecular weight excluding hydrogens is 545 g/mol. The van der Waals surface area contributed by atoms with E-state index in [0.29, 0.717) is 11.4 Å². The summed E-state index contributed by atoms with van der Waals surface area (Å²) in [6.45, 7) is 15.7. The second kappa shape index (κ2) is 8.81. The monoisotopic (exact) mass is 564 g/mol. The Kier molecular flexibility index (Phi) is 4.87. The largest absolute Gasteiger partial charge is 0.311 e. The first-order valence-electron chi connectivity index (χ1n) is 14.0. The lowest BCUT2D eigenvalue weighted by Crippen LogP contribution is -1.95. The van der Waals surface area contributed by atoms with Crippen molar-refractivity contribution in [3.63, 3.8) is 0 Å². The van der Waals surface area contributed by atoms with Crippen LogP contribution in [0.1, 0.15) is 0 Å². The van der Waals surface area contributed by atoms with Crippen molar-refractivity contribution in [2.45, 2.75) is 0 Å². The Morgan fingerprint density at radius 1 is 0.465 bits per heavy atom. The molecule has 0 saturated carbocycles. The zero-order valence-corrected chi connectivity index (χ0v) is 23.6. The van der Waals surface area contributed by atoms with Gasteiger partial charge < -0.3 is 9.13 Å². The van der Waals surface area contributed by atoms with Crippen LogP contribution >= 0.6 is 11.3 Å². The molecule has 0 spiro atoms. The van der Waals surface area contributed by atoms with E-state index in [1.165, 1.54) is 20.2 Å². The second-order valence-electron chi connectivity index (χ2n) is 10.7. The van der Waals surface area contributed by atoms with Crippen molar-refractivity contribution in [2.24, 2.45) is 0 Å². The molecule has 0 fully saturated rings. The van der Waals surface area contributed by atoms with Crippen molar-refractivity contribution in [1.82, 2.24) is 9.13 Å². The fraction of sp³-hybridized carbons (Fsp3) is 0. The lowest BCUT2D eigenvalue weighted by molar-refractivity contribution is 1.19. The van der Waals surface area contributed by atoms with Gasteiger partial charge >= 0.3 is 0 Å². The maximum Gasteiger partial charge on any atom is 0.197 e. The molecule has 0 aliphatic rings. The van der Waals surface area contributed by atoms with Crippen LogP contribution in [-0.2, 0) is 0 Å². The first-order valence-corrected chi connectivity index (χ1v) is 14.8. The molecule has 9 aromatic rings. The number of thiophene rings is 1. The van der Waals surface area contributed by atoms with E-state index < -0.39 is 0 Å². The van der Waals surface area contributed by atoms with Crippen LogP contribution in [0.5, 0.6) is 0 Å². The van der Waals surface area contributed by atoms with Crippen LogP contribution in [-0.4, -0.2) is 9.13 Å². The molecule has 0 N–H and O–H groups in total.